The molecule has 1 amide bonds. The highest BCUT2D eigenvalue weighted by Crippen LogP contribution is 2.21. The highest BCUT2D eigenvalue weighted by Gasteiger charge is 2.18. The molecule has 556 valence electrons. The zero-order valence-corrected chi connectivity index (χ0v) is 64.0. The van der Waals surface area contributed by atoms with Crippen LogP contribution >= 0.6 is 0 Å². The van der Waals surface area contributed by atoms with Gasteiger partial charge < -0.3 is 20.3 Å². The van der Waals surface area contributed by atoms with Crippen LogP contribution in [0, 0.1) is 0 Å². The summed E-state index contributed by atoms with van der Waals surface area (Å²) in [6.45, 7) is 4.94. The Kier molecular flexibility index (Phi) is 81.8. The van der Waals surface area contributed by atoms with Gasteiger partial charge in [-0.05, 0) is 64.2 Å². The largest absolute Gasteiger partial charge is 0.466 e. The summed E-state index contributed by atoms with van der Waals surface area (Å²) < 4.78 is 5.52. The van der Waals surface area contributed by atoms with Crippen molar-refractivity contribution in [3.05, 3.63) is 36.5 Å². The van der Waals surface area contributed by atoms with E-state index in [1.165, 1.54) is 417 Å². The first-order valence-electron chi connectivity index (χ1n) is 43.3. The van der Waals surface area contributed by atoms with Crippen LogP contribution in [0.25, 0.3) is 0 Å². The Labute approximate surface area is 589 Å². The smallest absolute Gasteiger partial charge is 0.305 e. The Hall–Kier alpha value is -1.92. The van der Waals surface area contributed by atoms with Crippen LogP contribution in [0.4, 0.5) is 0 Å². The summed E-state index contributed by atoms with van der Waals surface area (Å²) >= 11 is 0. The predicted molar refractivity (Wildman–Crippen MR) is 416 cm³/mol. The van der Waals surface area contributed by atoms with E-state index in [2.05, 4.69) is 43.5 Å². The van der Waals surface area contributed by atoms with E-state index in [4.69, 9.17) is 4.74 Å². The van der Waals surface area contributed by atoms with Crippen molar-refractivity contribution in [1.29, 1.82) is 0 Å². The number of ether oxygens (including phenoxy) is 1. The highest BCUT2D eigenvalue weighted by atomic mass is 16.5. The first-order valence-corrected chi connectivity index (χ1v) is 43.3. The number of rotatable bonds is 82. The summed E-state index contributed by atoms with van der Waals surface area (Å²) in [7, 11) is 0. The number of unbranched alkanes of at least 4 members (excludes halogenated alkanes) is 67. The molecule has 0 aliphatic rings. The van der Waals surface area contributed by atoms with Crippen LogP contribution in [-0.2, 0) is 14.3 Å². The van der Waals surface area contributed by atoms with Gasteiger partial charge in [-0.15, -0.1) is 0 Å². The lowest BCUT2D eigenvalue weighted by atomic mass is 10.0. The van der Waals surface area contributed by atoms with Gasteiger partial charge in [-0.25, -0.2) is 0 Å². The molecule has 0 aromatic carbocycles. The minimum Gasteiger partial charge on any atom is -0.466 e. The fraction of sp³-hybridized carbons (Fsp3) is 0.909. The Balaban J connectivity index is 3.32. The number of esters is 1. The Morgan fingerprint density at radius 2 is 0.532 bits per heavy atom. The van der Waals surface area contributed by atoms with Gasteiger partial charge in [-0.2, -0.15) is 0 Å². The number of carbonyl (C=O) groups is 2. The van der Waals surface area contributed by atoms with Crippen molar-refractivity contribution in [1.82, 2.24) is 5.32 Å². The summed E-state index contributed by atoms with van der Waals surface area (Å²) in [5.41, 5.74) is 0. The zero-order chi connectivity index (χ0) is 67.7. The van der Waals surface area contributed by atoms with Crippen molar-refractivity contribution >= 4 is 11.9 Å². The summed E-state index contributed by atoms with van der Waals surface area (Å²) in [6.07, 6.45) is 110. The minimum atomic E-state index is -0.842. The molecule has 6 nitrogen and oxygen atoms in total. The quantitative estimate of drug-likeness (QED) is 0.0320. The first kappa shape index (κ1) is 92.1. The summed E-state index contributed by atoms with van der Waals surface area (Å²) in [4.78, 5) is 24.7. The molecule has 0 aliphatic carbocycles. The van der Waals surface area contributed by atoms with Gasteiger partial charge in [0, 0.05) is 12.8 Å². The monoisotopic (exact) mass is 1320 g/mol. The van der Waals surface area contributed by atoms with Crippen molar-refractivity contribution in [2.24, 2.45) is 0 Å². The topological polar surface area (TPSA) is 95.9 Å². The molecular weight excluding hydrogens is 1150 g/mol. The van der Waals surface area contributed by atoms with Crippen LogP contribution in [0.2, 0.25) is 0 Å². The van der Waals surface area contributed by atoms with E-state index >= 15 is 0 Å². The molecule has 6 heteroatoms. The number of hydrogen-bond donors (Lipinski definition) is 3. The molecule has 0 saturated carbocycles. The van der Waals surface area contributed by atoms with Gasteiger partial charge in [0.05, 0.1) is 25.4 Å². The minimum absolute atomic E-state index is 0.0203. The number of hydrogen-bond acceptors (Lipinski definition) is 5. The molecule has 3 N–H and O–H groups in total. The third-order valence-corrected chi connectivity index (χ3v) is 20.4. The fourth-order valence-corrected chi connectivity index (χ4v) is 13.8. The number of carbonyl (C=O) groups excluding carboxylic acids is 2. The average Bonchev–Trinajstić information content (AvgIpc) is 3.66. The Morgan fingerprint density at radius 3 is 0.830 bits per heavy atom. The van der Waals surface area contributed by atoms with Crippen molar-refractivity contribution < 1.29 is 24.5 Å². The number of nitrogens with one attached hydrogen (secondary N) is 1. The summed E-state index contributed by atoms with van der Waals surface area (Å²) in [6, 6.07) is -0.625. The van der Waals surface area contributed by atoms with Gasteiger partial charge in [0.1, 0.15) is 0 Å². The van der Waals surface area contributed by atoms with Crippen molar-refractivity contribution in [3.8, 4) is 0 Å². The summed E-state index contributed by atoms with van der Waals surface area (Å²) in [5, 5.41) is 23.3. The van der Waals surface area contributed by atoms with E-state index in [1.807, 2.05) is 6.08 Å². The lowest BCUT2D eigenvalue weighted by Crippen LogP contribution is -2.45. The second kappa shape index (κ2) is 83.5. The lowest BCUT2D eigenvalue weighted by Gasteiger charge is -2.20. The van der Waals surface area contributed by atoms with E-state index < -0.39 is 12.1 Å². The molecule has 0 saturated heterocycles. The van der Waals surface area contributed by atoms with E-state index in [0.29, 0.717) is 19.4 Å². The molecule has 0 heterocycles. The Morgan fingerprint density at radius 1 is 0.298 bits per heavy atom. The molecule has 0 spiro atoms. The Bertz CT molecular complexity index is 1520. The maximum Gasteiger partial charge on any atom is 0.305 e. The van der Waals surface area contributed by atoms with Crippen molar-refractivity contribution in [2.75, 3.05) is 13.2 Å². The van der Waals surface area contributed by atoms with Gasteiger partial charge in [0.25, 0.3) is 0 Å². The number of aliphatic hydroxyl groups excluding tert-OH is 2. The van der Waals surface area contributed by atoms with E-state index in [0.717, 1.165) is 44.9 Å². The van der Waals surface area contributed by atoms with Crippen LogP contribution in [0.5, 0.6) is 0 Å². The zero-order valence-electron chi connectivity index (χ0n) is 64.0. The van der Waals surface area contributed by atoms with Crippen LogP contribution in [-0.4, -0.2) is 47.4 Å². The van der Waals surface area contributed by atoms with E-state index in [-0.39, 0.29) is 18.5 Å². The first-order chi connectivity index (χ1) is 46.5. The van der Waals surface area contributed by atoms with Gasteiger partial charge in [-0.3, -0.25) is 9.59 Å². The van der Waals surface area contributed by atoms with Gasteiger partial charge in [0.15, 0.2) is 0 Å². The van der Waals surface area contributed by atoms with Crippen LogP contribution in [0.1, 0.15) is 489 Å². The molecular formula is C88H169NO5. The van der Waals surface area contributed by atoms with E-state index in [9.17, 15) is 19.8 Å². The molecule has 94 heavy (non-hydrogen) atoms. The number of aliphatic hydroxyl groups is 2. The number of amides is 1. The molecule has 0 bridgehead atoms. The SMILES string of the molecule is CCCCC/C=C\C/C=C\CCCCCCCCCCCC(=O)OCCCCCCCCCCCCCCCCCCCCCCCCCCCCCCCCCCCCCCCC(=O)NC(CO)C(O)/C=C/CCCCCCCCCCCCCCCCCCCCC. The predicted octanol–water partition coefficient (Wildman–Crippen LogP) is 28.9. The molecule has 0 fully saturated rings. The van der Waals surface area contributed by atoms with E-state index in [1.54, 1.807) is 6.08 Å². The summed E-state index contributed by atoms with van der Waals surface area (Å²) in [5.74, 6) is -0.0369. The molecule has 0 aliphatic heterocycles. The van der Waals surface area contributed by atoms with Crippen LogP contribution in [0.15, 0.2) is 36.5 Å². The van der Waals surface area contributed by atoms with Gasteiger partial charge >= 0.3 is 5.97 Å². The van der Waals surface area contributed by atoms with Crippen LogP contribution < -0.4 is 5.32 Å². The standard InChI is InChI=1S/C88H169NO5/c1-3-5-7-9-11-13-15-17-19-21-23-41-45-48-52-56-60-64-68-72-76-80-86(91)85(84-90)89-87(92)81-77-73-69-65-61-57-53-49-46-42-39-37-35-33-31-29-27-25-24-26-28-30-32-34-36-38-40-43-47-51-55-59-63-67-71-75-79-83-94-88(93)82-78-74-70-66-62-58-54-50-44-22-20-18-16-14-12-10-8-6-4-2/h12,14,18,20,76,80,85-86,90-91H,3-11,13,15-17,19,21-75,77-79,81-84H2,1-2H3,(H,89,92)/b14-12-,20-18-,80-76+. The molecule has 2 unspecified atom stereocenters. The molecule has 0 aromatic heterocycles. The second-order valence-electron chi connectivity index (χ2n) is 29.9. The van der Waals surface area contributed by atoms with Gasteiger partial charge in [0.2, 0.25) is 5.91 Å². The second-order valence-corrected chi connectivity index (χ2v) is 29.9. The van der Waals surface area contributed by atoms with Crippen molar-refractivity contribution in [3.63, 3.8) is 0 Å². The third kappa shape index (κ3) is 79.1. The molecule has 0 radical (unpaired) electrons. The maximum atomic E-state index is 12.6. The molecule has 2 atom stereocenters. The normalized spacial score (nSPS) is 12.6. The van der Waals surface area contributed by atoms with Crippen molar-refractivity contribution in [2.45, 2.75) is 501 Å². The molecule has 0 rings (SSSR count). The maximum absolute atomic E-state index is 12.6. The third-order valence-electron chi connectivity index (χ3n) is 20.4. The highest BCUT2D eigenvalue weighted by molar-refractivity contribution is 5.76. The lowest BCUT2D eigenvalue weighted by molar-refractivity contribution is -0.143. The van der Waals surface area contributed by atoms with Gasteiger partial charge in [-0.1, -0.05) is 448 Å². The molecule has 0 aromatic rings. The average molecular weight is 1320 g/mol. The number of allylic oxidation sites excluding steroid dienone is 5. The van der Waals surface area contributed by atoms with Crippen LogP contribution in [0.3, 0.4) is 0 Å². The fourth-order valence-electron chi connectivity index (χ4n) is 13.8.